The van der Waals surface area contributed by atoms with Gasteiger partial charge in [-0.2, -0.15) is 12.6 Å². The first kappa shape index (κ1) is 12.6. The van der Waals surface area contributed by atoms with Crippen molar-refractivity contribution in [3.05, 3.63) is 36.0 Å². The van der Waals surface area contributed by atoms with Gasteiger partial charge in [0.1, 0.15) is 0 Å². The predicted octanol–water partition coefficient (Wildman–Crippen LogP) is 2.49. The first-order valence-electron chi connectivity index (χ1n) is 6.71. The summed E-state index contributed by atoms with van der Waals surface area (Å²) in [6.07, 6.45) is 3.54. The van der Waals surface area contributed by atoms with Crippen LogP contribution in [0.4, 0.5) is 0 Å². The smallest absolute Gasteiger partial charge is 0.222 e. The Hall–Kier alpha value is -1.42. The maximum atomic E-state index is 11.8. The van der Waals surface area contributed by atoms with Crippen LogP contribution in [0.25, 0.3) is 10.9 Å². The number of amides is 1. The van der Waals surface area contributed by atoms with Crippen LogP contribution in [-0.4, -0.2) is 34.6 Å². The fourth-order valence-corrected chi connectivity index (χ4v) is 2.95. The number of benzene rings is 1. The van der Waals surface area contributed by atoms with Crippen LogP contribution in [0, 0.1) is 5.92 Å². The zero-order chi connectivity index (χ0) is 13.2. The predicted molar refractivity (Wildman–Crippen MR) is 80.5 cm³/mol. The van der Waals surface area contributed by atoms with E-state index in [2.05, 4.69) is 41.9 Å². The summed E-state index contributed by atoms with van der Waals surface area (Å²) in [6, 6.07) is 8.52. The molecule has 1 amide bonds. The number of aromatic nitrogens is 1. The highest BCUT2D eigenvalue weighted by Crippen LogP contribution is 2.20. The number of hydrogen-bond donors (Lipinski definition) is 2. The highest BCUT2D eigenvalue weighted by Gasteiger charge is 2.27. The first-order valence-corrected chi connectivity index (χ1v) is 7.34. The molecule has 2 aromatic rings. The van der Waals surface area contributed by atoms with E-state index in [1.807, 2.05) is 11.1 Å². The molecule has 0 spiro atoms. The Balaban J connectivity index is 1.64. The van der Waals surface area contributed by atoms with Gasteiger partial charge in [-0.25, -0.2) is 0 Å². The SMILES string of the molecule is O=C1CC(CS)CN1CCc1ccc2cc[nH]c2c1. The number of nitrogens with zero attached hydrogens (tertiary/aromatic N) is 1. The van der Waals surface area contributed by atoms with E-state index in [1.54, 1.807) is 0 Å². The number of hydrogen-bond acceptors (Lipinski definition) is 2. The minimum atomic E-state index is 0.278. The number of H-pyrrole nitrogens is 1. The zero-order valence-corrected chi connectivity index (χ0v) is 11.7. The summed E-state index contributed by atoms with van der Waals surface area (Å²) in [7, 11) is 0. The van der Waals surface area contributed by atoms with Crippen molar-refractivity contribution in [3.8, 4) is 0 Å². The van der Waals surface area contributed by atoms with Gasteiger partial charge in [-0.1, -0.05) is 12.1 Å². The molecular formula is C15H18N2OS. The summed E-state index contributed by atoms with van der Waals surface area (Å²) in [6.45, 7) is 1.68. The van der Waals surface area contributed by atoms with E-state index in [0.29, 0.717) is 12.3 Å². The molecule has 0 saturated carbocycles. The second-order valence-electron chi connectivity index (χ2n) is 5.24. The van der Waals surface area contributed by atoms with E-state index < -0.39 is 0 Å². The largest absolute Gasteiger partial charge is 0.361 e. The lowest BCUT2D eigenvalue weighted by atomic mass is 10.1. The number of thiol groups is 1. The van der Waals surface area contributed by atoms with Crippen LogP contribution >= 0.6 is 12.6 Å². The number of carbonyl (C=O) groups excluding carboxylic acids is 1. The Kier molecular flexibility index (Phi) is 3.51. The molecule has 19 heavy (non-hydrogen) atoms. The molecule has 1 aliphatic rings. The number of carbonyl (C=O) groups is 1. The van der Waals surface area contributed by atoms with Crippen LogP contribution < -0.4 is 0 Å². The maximum Gasteiger partial charge on any atom is 0.222 e. The number of likely N-dealkylation sites (tertiary alicyclic amines) is 1. The standard InChI is InChI=1S/C15H18N2OS/c18-15-8-12(10-19)9-17(15)6-4-11-1-2-13-3-5-16-14(13)7-11/h1-3,5,7,12,16,19H,4,6,8-10H2. The third kappa shape index (κ3) is 2.63. The van der Waals surface area contributed by atoms with Gasteiger partial charge in [0.25, 0.3) is 0 Å². The van der Waals surface area contributed by atoms with Gasteiger partial charge in [-0.15, -0.1) is 0 Å². The molecule has 1 aromatic heterocycles. The van der Waals surface area contributed by atoms with Gasteiger partial charge < -0.3 is 9.88 Å². The Morgan fingerprint density at radius 3 is 3.05 bits per heavy atom. The lowest BCUT2D eigenvalue weighted by Gasteiger charge is -2.16. The summed E-state index contributed by atoms with van der Waals surface area (Å²) in [5.41, 5.74) is 2.44. The van der Waals surface area contributed by atoms with Crippen molar-refractivity contribution in [2.45, 2.75) is 12.8 Å². The highest BCUT2D eigenvalue weighted by atomic mass is 32.1. The monoisotopic (exact) mass is 274 g/mol. The van der Waals surface area contributed by atoms with Crippen molar-refractivity contribution in [1.29, 1.82) is 0 Å². The van der Waals surface area contributed by atoms with E-state index in [0.717, 1.165) is 25.3 Å². The molecule has 1 unspecified atom stereocenters. The molecule has 0 bridgehead atoms. The maximum absolute atomic E-state index is 11.8. The van der Waals surface area contributed by atoms with Crippen LogP contribution in [0.1, 0.15) is 12.0 Å². The van der Waals surface area contributed by atoms with Crippen LogP contribution in [0.2, 0.25) is 0 Å². The van der Waals surface area contributed by atoms with Crippen molar-refractivity contribution in [1.82, 2.24) is 9.88 Å². The molecule has 1 N–H and O–H groups in total. The normalized spacial score (nSPS) is 19.5. The van der Waals surface area contributed by atoms with Gasteiger partial charge in [0.15, 0.2) is 0 Å². The number of fused-ring (bicyclic) bond motifs is 1. The van der Waals surface area contributed by atoms with Crippen molar-refractivity contribution >= 4 is 29.4 Å². The third-order valence-corrected chi connectivity index (χ3v) is 4.36. The van der Waals surface area contributed by atoms with E-state index in [9.17, 15) is 4.79 Å². The van der Waals surface area contributed by atoms with Crippen LogP contribution in [0.3, 0.4) is 0 Å². The Morgan fingerprint density at radius 1 is 1.37 bits per heavy atom. The average Bonchev–Trinajstić information content (AvgIpc) is 3.02. The quantitative estimate of drug-likeness (QED) is 0.826. The molecule has 1 aromatic carbocycles. The molecule has 0 aliphatic carbocycles. The minimum Gasteiger partial charge on any atom is -0.361 e. The van der Waals surface area contributed by atoms with Gasteiger partial charge in [0, 0.05) is 31.2 Å². The molecule has 1 saturated heterocycles. The fourth-order valence-electron chi connectivity index (χ4n) is 2.71. The van der Waals surface area contributed by atoms with Gasteiger partial charge in [-0.3, -0.25) is 4.79 Å². The summed E-state index contributed by atoms with van der Waals surface area (Å²) in [5.74, 6) is 1.51. The van der Waals surface area contributed by atoms with Crippen LogP contribution in [-0.2, 0) is 11.2 Å². The van der Waals surface area contributed by atoms with Crippen LogP contribution in [0.5, 0.6) is 0 Å². The van der Waals surface area contributed by atoms with Crippen molar-refractivity contribution in [3.63, 3.8) is 0 Å². The van der Waals surface area contributed by atoms with Crippen molar-refractivity contribution in [2.24, 2.45) is 5.92 Å². The molecule has 100 valence electrons. The molecule has 4 heteroatoms. The van der Waals surface area contributed by atoms with Crippen molar-refractivity contribution < 1.29 is 4.79 Å². The molecule has 1 atom stereocenters. The zero-order valence-electron chi connectivity index (χ0n) is 10.8. The topological polar surface area (TPSA) is 36.1 Å². The van der Waals surface area contributed by atoms with Gasteiger partial charge in [-0.05, 0) is 41.2 Å². The van der Waals surface area contributed by atoms with Gasteiger partial charge >= 0.3 is 0 Å². The molecule has 2 heterocycles. The van der Waals surface area contributed by atoms with Gasteiger partial charge in [0.05, 0.1) is 0 Å². The fraction of sp³-hybridized carbons (Fsp3) is 0.400. The number of aromatic amines is 1. The summed E-state index contributed by atoms with van der Waals surface area (Å²) < 4.78 is 0. The molecule has 3 rings (SSSR count). The van der Waals surface area contributed by atoms with Gasteiger partial charge in [0.2, 0.25) is 5.91 Å². The third-order valence-electron chi connectivity index (χ3n) is 3.84. The Labute approximate surface area is 118 Å². The van der Waals surface area contributed by atoms with E-state index >= 15 is 0 Å². The summed E-state index contributed by atoms with van der Waals surface area (Å²) in [5, 5.41) is 1.23. The number of rotatable bonds is 4. The molecule has 3 nitrogen and oxygen atoms in total. The summed E-state index contributed by atoms with van der Waals surface area (Å²) >= 11 is 4.29. The van der Waals surface area contributed by atoms with Crippen LogP contribution in [0.15, 0.2) is 30.5 Å². The second-order valence-corrected chi connectivity index (χ2v) is 5.61. The molecular weight excluding hydrogens is 256 g/mol. The first-order chi connectivity index (χ1) is 9.26. The van der Waals surface area contributed by atoms with E-state index in [4.69, 9.17) is 0 Å². The average molecular weight is 274 g/mol. The van der Waals surface area contributed by atoms with E-state index in [-0.39, 0.29) is 5.91 Å². The summed E-state index contributed by atoms with van der Waals surface area (Å²) in [4.78, 5) is 17.0. The molecule has 1 aliphatic heterocycles. The lowest BCUT2D eigenvalue weighted by Crippen LogP contribution is -2.27. The van der Waals surface area contributed by atoms with Crippen molar-refractivity contribution in [2.75, 3.05) is 18.8 Å². The van der Waals surface area contributed by atoms with E-state index in [1.165, 1.54) is 16.5 Å². The molecule has 0 radical (unpaired) electrons. The highest BCUT2D eigenvalue weighted by molar-refractivity contribution is 7.80. The molecule has 1 fully saturated rings. The Bertz CT molecular complexity index is 593. The number of nitrogens with one attached hydrogen (secondary N) is 1. The second kappa shape index (κ2) is 5.29. The lowest BCUT2D eigenvalue weighted by molar-refractivity contribution is -0.127. The minimum absolute atomic E-state index is 0.278. The Morgan fingerprint density at radius 2 is 2.26 bits per heavy atom.